The average molecular weight is 226 g/mol. The Bertz CT molecular complexity index is 258. The van der Waals surface area contributed by atoms with E-state index in [0.29, 0.717) is 6.42 Å². The third-order valence-corrected chi connectivity index (χ3v) is 3.24. The molecule has 92 valence electrons. The standard InChI is InChI=1S/C12H22N2O2/c1-2-3-6-11(16)14-12(9-10(13)15)7-4-5-8-12/h2-9H2,1H3,(H2,13,15)(H,14,16). The lowest BCUT2D eigenvalue weighted by molar-refractivity contribution is -0.124. The minimum absolute atomic E-state index is 0.0602. The zero-order chi connectivity index (χ0) is 12.0. The molecule has 0 unspecified atom stereocenters. The largest absolute Gasteiger partial charge is 0.370 e. The second-order valence-electron chi connectivity index (χ2n) is 4.78. The first kappa shape index (κ1) is 13.0. The lowest BCUT2D eigenvalue weighted by Gasteiger charge is -2.29. The highest BCUT2D eigenvalue weighted by atomic mass is 16.2. The van der Waals surface area contributed by atoms with Crippen molar-refractivity contribution in [3.05, 3.63) is 0 Å². The number of primary amides is 1. The molecule has 0 radical (unpaired) electrons. The van der Waals surface area contributed by atoms with Gasteiger partial charge in [0.15, 0.2) is 0 Å². The Kier molecular flexibility index (Phi) is 4.77. The predicted molar refractivity (Wildman–Crippen MR) is 62.7 cm³/mol. The van der Waals surface area contributed by atoms with Crippen LogP contribution in [0.25, 0.3) is 0 Å². The van der Waals surface area contributed by atoms with Gasteiger partial charge in [0.2, 0.25) is 11.8 Å². The zero-order valence-corrected chi connectivity index (χ0v) is 10.1. The topological polar surface area (TPSA) is 72.2 Å². The summed E-state index contributed by atoms with van der Waals surface area (Å²) in [5.41, 5.74) is 4.91. The lowest BCUT2D eigenvalue weighted by atomic mass is 9.92. The molecule has 0 spiro atoms. The lowest BCUT2D eigenvalue weighted by Crippen LogP contribution is -2.48. The van der Waals surface area contributed by atoms with Crippen molar-refractivity contribution < 1.29 is 9.59 Å². The van der Waals surface area contributed by atoms with Crippen LogP contribution in [0.2, 0.25) is 0 Å². The summed E-state index contributed by atoms with van der Waals surface area (Å²) in [5, 5.41) is 3.02. The number of carbonyl (C=O) groups excluding carboxylic acids is 2. The van der Waals surface area contributed by atoms with E-state index >= 15 is 0 Å². The van der Waals surface area contributed by atoms with E-state index in [1.54, 1.807) is 0 Å². The van der Waals surface area contributed by atoms with E-state index in [1.165, 1.54) is 0 Å². The molecule has 0 atom stereocenters. The number of rotatable bonds is 6. The Morgan fingerprint density at radius 2 is 1.94 bits per heavy atom. The molecule has 4 heteroatoms. The fraction of sp³-hybridized carbons (Fsp3) is 0.833. The highest BCUT2D eigenvalue weighted by Crippen LogP contribution is 2.32. The fourth-order valence-corrected chi connectivity index (χ4v) is 2.43. The summed E-state index contributed by atoms with van der Waals surface area (Å²) in [6, 6.07) is 0. The zero-order valence-electron chi connectivity index (χ0n) is 10.1. The predicted octanol–water partition coefficient (Wildman–Crippen LogP) is 1.48. The summed E-state index contributed by atoms with van der Waals surface area (Å²) in [6.45, 7) is 2.06. The minimum atomic E-state index is -0.337. The highest BCUT2D eigenvalue weighted by Gasteiger charge is 2.36. The van der Waals surface area contributed by atoms with Crippen LogP contribution < -0.4 is 11.1 Å². The van der Waals surface area contributed by atoms with Gasteiger partial charge in [0.1, 0.15) is 0 Å². The molecule has 1 saturated carbocycles. The first-order valence-corrected chi connectivity index (χ1v) is 6.17. The Morgan fingerprint density at radius 3 is 2.44 bits per heavy atom. The molecule has 1 aliphatic carbocycles. The first-order valence-electron chi connectivity index (χ1n) is 6.17. The molecule has 0 bridgehead atoms. The molecular weight excluding hydrogens is 204 g/mol. The van der Waals surface area contributed by atoms with Crippen LogP contribution in [0.3, 0.4) is 0 Å². The monoisotopic (exact) mass is 226 g/mol. The van der Waals surface area contributed by atoms with Gasteiger partial charge >= 0.3 is 0 Å². The van der Waals surface area contributed by atoms with E-state index in [2.05, 4.69) is 12.2 Å². The van der Waals surface area contributed by atoms with Gasteiger partial charge in [0.05, 0.1) is 0 Å². The maximum absolute atomic E-state index is 11.7. The van der Waals surface area contributed by atoms with Gasteiger partial charge in [-0.1, -0.05) is 26.2 Å². The van der Waals surface area contributed by atoms with Crippen molar-refractivity contribution in [1.82, 2.24) is 5.32 Å². The summed E-state index contributed by atoms with van der Waals surface area (Å²) < 4.78 is 0. The maximum atomic E-state index is 11.7. The van der Waals surface area contributed by atoms with Crippen LogP contribution in [0.15, 0.2) is 0 Å². The molecule has 4 nitrogen and oxygen atoms in total. The van der Waals surface area contributed by atoms with Gasteiger partial charge in [0.25, 0.3) is 0 Å². The van der Waals surface area contributed by atoms with Crippen molar-refractivity contribution in [2.45, 2.75) is 63.8 Å². The molecule has 0 aromatic carbocycles. The van der Waals surface area contributed by atoms with Gasteiger partial charge in [-0.3, -0.25) is 9.59 Å². The molecule has 0 aromatic heterocycles. The van der Waals surface area contributed by atoms with Crippen molar-refractivity contribution in [3.63, 3.8) is 0 Å². The third-order valence-electron chi connectivity index (χ3n) is 3.24. The van der Waals surface area contributed by atoms with Crippen LogP contribution in [0.1, 0.15) is 58.3 Å². The number of hydrogen-bond acceptors (Lipinski definition) is 2. The summed E-state index contributed by atoms with van der Waals surface area (Å²) in [6.07, 6.45) is 6.65. The fourth-order valence-electron chi connectivity index (χ4n) is 2.43. The van der Waals surface area contributed by atoms with Gasteiger partial charge in [-0.15, -0.1) is 0 Å². The van der Waals surface area contributed by atoms with E-state index < -0.39 is 0 Å². The summed E-state index contributed by atoms with van der Waals surface area (Å²) in [7, 11) is 0. The van der Waals surface area contributed by atoms with Crippen LogP contribution in [-0.2, 0) is 9.59 Å². The molecular formula is C12H22N2O2. The van der Waals surface area contributed by atoms with Crippen LogP contribution in [-0.4, -0.2) is 17.4 Å². The van der Waals surface area contributed by atoms with Gasteiger partial charge < -0.3 is 11.1 Å². The normalized spacial score (nSPS) is 18.3. The minimum Gasteiger partial charge on any atom is -0.370 e. The summed E-state index contributed by atoms with van der Waals surface area (Å²) in [4.78, 5) is 22.7. The summed E-state index contributed by atoms with van der Waals surface area (Å²) >= 11 is 0. The molecule has 0 heterocycles. The van der Waals surface area contributed by atoms with Crippen molar-refractivity contribution in [2.24, 2.45) is 5.73 Å². The Morgan fingerprint density at radius 1 is 1.31 bits per heavy atom. The van der Waals surface area contributed by atoms with Crippen LogP contribution in [0, 0.1) is 0 Å². The average Bonchev–Trinajstić information content (AvgIpc) is 2.62. The quantitative estimate of drug-likeness (QED) is 0.720. The van der Waals surface area contributed by atoms with E-state index in [0.717, 1.165) is 38.5 Å². The molecule has 0 aromatic rings. The second-order valence-corrected chi connectivity index (χ2v) is 4.78. The Hall–Kier alpha value is -1.06. The molecule has 1 rings (SSSR count). The van der Waals surface area contributed by atoms with Gasteiger partial charge in [0, 0.05) is 18.4 Å². The number of nitrogens with one attached hydrogen (secondary N) is 1. The number of nitrogens with two attached hydrogens (primary N) is 1. The van der Waals surface area contributed by atoms with Gasteiger partial charge in [-0.25, -0.2) is 0 Å². The molecule has 0 saturated heterocycles. The van der Waals surface area contributed by atoms with Crippen molar-refractivity contribution in [1.29, 1.82) is 0 Å². The van der Waals surface area contributed by atoms with E-state index in [9.17, 15) is 9.59 Å². The summed E-state index contributed by atoms with van der Waals surface area (Å²) in [5.74, 6) is -0.261. The van der Waals surface area contributed by atoms with Gasteiger partial charge in [-0.05, 0) is 19.3 Å². The first-order chi connectivity index (χ1) is 7.58. The number of amides is 2. The Balaban J connectivity index is 2.50. The molecule has 1 aliphatic rings. The second kappa shape index (κ2) is 5.87. The Labute approximate surface area is 97.0 Å². The smallest absolute Gasteiger partial charge is 0.220 e. The van der Waals surface area contributed by atoms with Gasteiger partial charge in [-0.2, -0.15) is 0 Å². The van der Waals surface area contributed by atoms with E-state index in [1.807, 2.05) is 0 Å². The number of carbonyl (C=O) groups is 2. The van der Waals surface area contributed by atoms with Crippen LogP contribution in [0.4, 0.5) is 0 Å². The van der Waals surface area contributed by atoms with Crippen molar-refractivity contribution in [3.8, 4) is 0 Å². The van der Waals surface area contributed by atoms with Crippen molar-refractivity contribution in [2.75, 3.05) is 0 Å². The van der Waals surface area contributed by atoms with E-state index in [4.69, 9.17) is 5.73 Å². The highest BCUT2D eigenvalue weighted by molar-refractivity contribution is 5.80. The molecule has 0 aliphatic heterocycles. The van der Waals surface area contributed by atoms with E-state index in [-0.39, 0.29) is 23.8 Å². The number of unbranched alkanes of at least 4 members (excludes halogenated alkanes) is 1. The number of hydrogen-bond donors (Lipinski definition) is 2. The van der Waals surface area contributed by atoms with Crippen LogP contribution >= 0.6 is 0 Å². The maximum Gasteiger partial charge on any atom is 0.220 e. The molecule has 16 heavy (non-hydrogen) atoms. The van der Waals surface area contributed by atoms with Crippen molar-refractivity contribution >= 4 is 11.8 Å². The third kappa shape index (κ3) is 3.83. The molecule has 2 amide bonds. The molecule has 3 N–H and O–H groups in total. The van der Waals surface area contributed by atoms with Crippen LogP contribution in [0.5, 0.6) is 0 Å². The molecule has 1 fully saturated rings. The SMILES string of the molecule is CCCCC(=O)NC1(CC(N)=O)CCCC1.